The molecule has 1 aliphatic rings. The summed E-state index contributed by atoms with van der Waals surface area (Å²) in [5.41, 5.74) is 1.71. The van der Waals surface area contributed by atoms with E-state index in [2.05, 4.69) is 40.3 Å². The summed E-state index contributed by atoms with van der Waals surface area (Å²) in [6, 6.07) is 6.68. The molecule has 1 unspecified atom stereocenters. The minimum Gasteiger partial charge on any atom is -0.316 e. The van der Waals surface area contributed by atoms with Gasteiger partial charge in [0.2, 0.25) is 0 Å². The van der Waals surface area contributed by atoms with Crippen molar-refractivity contribution >= 4 is 27.5 Å². The number of hydrogen-bond acceptors (Lipinski definition) is 1. The van der Waals surface area contributed by atoms with Crippen LogP contribution in [0.4, 0.5) is 0 Å². The van der Waals surface area contributed by atoms with Gasteiger partial charge in [0, 0.05) is 15.5 Å². The van der Waals surface area contributed by atoms with Crippen LogP contribution in [0.3, 0.4) is 0 Å². The van der Waals surface area contributed by atoms with E-state index in [1.54, 1.807) is 0 Å². The Kier molecular flexibility index (Phi) is 3.62. The third-order valence-electron chi connectivity index (χ3n) is 3.67. The summed E-state index contributed by atoms with van der Waals surface area (Å²) in [7, 11) is 2.04. The molecule has 16 heavy (non-hydrogen) atoms. The van der Waals surface area contributed by atoms with Crippen LogP contribution in [-0.4, -0.2) is 13.1 Å². The van der Waals surface area contributed by atoms with Crippen molar-refractivity contribution < 1.29 is 0 Å². The van der Waals surface area contributed by atoms with Crippen molar-refractivity contribution in [1.82, 2.24) is 5.32 Å². The smallest absolute Gasteiger partial charge is 0.0449 e. The first-order valence-electron chi connectivity index (χ1n) is 5.66. The fourth-order valence-electron chi connectivity index (χ4n) is 2.15. The summed E-state index contributed by atoms with van der Waals surface area (Å²) in [5.74, 6) is 0. The maximum absolute atomic E-state index is 6.24. The van der Waals surface area contributed by atoms with E-state index in [1.807, 2.05) is 13.1 Å². The van der Waals surface area contributed by atoms with Crippen molar-refractivity contribution in [3.05, 3.63) is 33.3 Å². The van der Waals surface area contributed by atoms with Gasteiger partial charge in [0.1, 0.15) is 0 Å². The van der Waals surface area contributed by atoms with Gasteiger partial charge in [-0.15, -0.1) is 0 Å². The number of nitrogens with one attached hydrogen (secondary N) is 1. The molecule has 3 heteroatoms. The highest BCUT2D eigenvalue weighted by Gasteiger charge is 2.43. The van der Waals surface area contributed by atoms with Gasteiger partial charge < -0.3 is 5.32 Å². The summed E-state index contributed by atoms with van der Waals surface area (Å²) >= 11 is 9.67. The molecule has 1 fully saturated rings. The molecule has 88 valence electrons. The van der Waals surface area contributed by atoms with Crippen molar-refractivity contribution in [2.45, 2.75) is 32.2 Å². The molecule has 1 aliphatic carbocycles. The van der Waals surface area contributed by atoms with E-state index < -0.39 is 0 Å². The third-order valence-corrected chi connectivity index (χ3v) is 4.51. The molecule has 1 saturated carbocycles. The largest absolute Gasteiger partial charge is 0.316 e. The van der Waals surface area contributed by atoms with Crippen LogP contribution in [0.5, 0.6) is 0 Å². The minimum absolute atomic E-state index is 0.477. The fraction of sp³-hybridized carbons (Fsp3) is 0.538. The van der Waals surface area contributed by atoms with Gasteiger partial charge in [-0.05, 0) is 49.4 Å². The van der Waals surface area contributed by atoms with Gasteiger partial charge in [0.05, 0.1) is 0 Å². The Bertz CT molecular complexity index is 388. The predicted molar refractivity (Wildman–Crippen MR) is 73.0 cm³/mol. The molecule has 1 aromatic rings. The zero-order valence-corrected chi connectivity index (χ0v) is 12.0. The first-order valence-corrected chi connectivity index (χ1v) is 6.83. The van der Waals surface area contributed by atoms with E-state index in [0.717, 1.165) is 15.9 Å². The van der Waals surface area contributed by atoms with Crippen LogP contribution < -0.4 is 5.32 Å². The molecule has 1 atom stereocenters. The normalized spacial score (nSPS) is 19.5. The molecular weight excluding hydrogens is 286 g/mol. The molecule has 0 aliphatic heterocycles. The average molecular weight is 303 g/mol. The second-order valence-electron chi connectivity index (χ2n) is 4.94. The van der Waals surface area contributed by atoms with Crippen LogP contribution in [0.15, 0.2) is 22.7 Å². The van der Waals surface area contributed by atoms with E-state index in [0.29, 0.717) is 11.5 Å². The lowest BCUT2D eigenvalue weighted by molar-refractivity contribution is 0.376. The van der Waals surface area contributed by atoms with Crippen molar-refractivity contribution in [3.63, 3.8) is 0 Å². The lowest BCUT2D eigenvalue weighted by Crippen LogP contribution is -2.35. The van der Waals surface area contributed by atoms with Crippen LogP contribution in [-0.2, 0) is 6.42 Å². The van der Waals surface area contributed by atoms with Crippen molar-refractivity contribution in [2.24, 2.45) is 5.41 Å². The average Bonchev–Trinajstić information content (AvgIpc) is 2.96. The van der Waals surface area contributed by atoms with E-state index >= 15 is 0 Å². The van der Waals surface area contributed by atoms with Gasteiger partial charge in [0.25, 0.3) is 0 Å². The van der Waals surface area contributed by atoms with E-state index in [1.165, 1.54) is 18.4 Å². The summed E-state index contributed by atoms with van der Waals surface area (Å²) in [6.07, 6.45) is 3.67. The van der Waals surface area contributed by atoms with E-state index in [-0.39, 0.29) is 0 Å². The first-order chi connectivity index (χ1) is 7.55. The molecule has 0 amide bonds. The number of rotatable bonds is 4. The Morgan fingerprint density at radius 2 is 2.19 bits per heavy atom. The number of halogens is 2. The summed E-state index contributed by atoms with van der Waals surface area (Å²) in [6.45, 7) is 2.35. The topological polar surface area (TPSA) is 12.0 Å². The molecule has 1 N–H and O–H groups in total. The number of likely N-dealkylation sites (N-methyl/N-ethyl adjacent to an activating group) is 1. The highest BCUT2D eigenvalue weighted by Crippen LogP contribution is 2.49. The summed E-state index contributed by atoms with van der Waals surface area (Å²) < 4.78 is 1.04. The molecule has 0 heterocycles. The Hall–Kier alpha value is -0.0500. The Balaban J connectivity index is 2.13. The molecule has 1 aromatic carbocycles. The number of hydrogen-bond donors (Lipinski definition) is 1. The van der Waals surface area contributed by atoms with Gasteiger partial charge >= 0.3 is 0 Å². The predicted octanol–water partition coefficient (Wildman–Crippen LogP) is 4.03. The van der Waals surface area contributed by atoms with E-state index in [9.17, 15) is 0 Å². The lowest BCUT2D eigenvalue weighted by atomic mass is 9.92. The molecule has 0 saturated heterocycles. The number of benzene rings is 1. The monoisotopic (exact) mass is 301 g/mol. The fourth-order valence-corrected chi connectivity index (χ4v) is 2.90. The van der Waals surface area contributed by atoms with Gasteiger partial charge in [-0.3, -0.25) is 0 Å². The van der Waals surface area contributed by atoms with Crippen LogP contribution >= 0.6 is 27.5 Å². The van der Waals surface area contributed by atoms with Crippen molar-refractivity contribution in [2.75, 3.05) is 7.05 Å². The summed E-state index contributed by atoms with van der Waals surface area (Å²) in [5, 5.41) is 4.28. The Morgan fingerprint density at radius 3 is 2.69 bits per heavy atom. The molecule has 1 nitrogen and oxygen atoms in total. The standard InChI is InChI=1S/C13H17BrClN/c1-13(5-6-13)12(16-2)7-9-3-4-10(14)8-11(9)15/h3-4,8,12,16H,5-7H2,1-2H3. The molecule has 0 spiro atoms. The zero-order valence-electron chi connectivity index (χ0n) is 9.69. The van der Waals surface area contributed by atoms with Crippen molar-refractivity contribution in [3.8, 4) is 0 Å². The minimum atomic E-state index is 0.477. The molecule has 0 aromatic heterocycles. The lowest BCUT2D eigenvalue weighted by Gasteiger charge is -2.23. The van der Waals surface area contributed by atoms with Crippen LogP contribution in [0.25, 0.3) is 0 Å². The van der Waals surface area contributed by atoms with Crippen molar-refractivity contribution in [1.29, 1.82) is 0 Å². The van der Waals surface area contributed by atoms with E-state index in [4.69, 9.17) is 11.6 Å². The third kappa shape index (κ3) is 2.61. The highest BCUT2D eigenvalue weighted by atomic mass is 79.9. The molecule has 2 rings (SSSR count). The maximum Gasteiger partial charge on any atom is 0.0449 e. The molecular formula is C13H17BrClN. The van der Waals surface area contributed by atoms with Gasteiger partial charge in [-0.2, -0.15) is 0 Å². The highest BCUT2D eigenvalue weighted by molar-refractivity contribution is 9.10. The SMILES string of the molecule is CNC(Cc1ccc(Br)cc1Cl)C1(C)CC1. The Labute approximate surface area is 111 Å². The molecule has 0 radical (unpaired) electrons. The van der Waals surface area contributed by atoms with Gasteiger partial charge in [-0.25, -0.2) is 0 Å². The molecule has 0 bridgehead atoms. The maximum atomic E-state index is 6.24. The second kappa shape index (κ2) is 4.67. The quantitative estimate of drug-likeness (QED) is 0.885. The van der Waals surface area contributed by atoms with Crippen LogP contribution in [0.2, 0.25) is 5.02 Å². The summed E-state index contributed by atoms with van der Waals surface area (Å²) in [4.78, 5) is 0. The van der Waals surface area contributed by atoms with Gasteiger partial charge in [-0.1, -0.05) is 40.5 Å². The first kappa shape index (κ1) is 12.4. The second-order valence-corrected chi connectivity index (χ2v) is 6.26. The van der Waals surface area contributed by atoms with Gasteiger partial charge in [0.15, 0.2) is 0 Å². The van der Waals surface area contributed by atoms with Crippen LogP contribution in [0.1, 0.15) is 25.3 Å². The zero-order chi connectivity index (χ0) is 11.8. The van der Waals surface area contributed by atoms with Crippen LogP contribution in [0, 0.1) is 5.41 Å². The Morgan fingerprint density at radius 1 is 1.50 bits per heavy atom.